The predicted octanol–water partition coefficient (Wildman–Crippen LogP) is 3.24. The largest absolute Gasteiger partial charge is 0.481 e. The molecule has 4 heteroatoms. The van der Waals surface area contributed by atoms with Crippen molar-refractivity contribution in [2.24, 2.45) is 0 Å². The van der Waals surface area contributed by atoms with Gasteiger partial charge in [0.05, 0.1) is 0 Å². The van der Waals surface area contributed by atoms with Gasteiger partial charge in [0, 0.05) is 12.8 Å². The topological polar surface area (TPSA) is 74.6 Å². The van der Waals surface area contributed by atoms with Crippen LogP contribution in [0.5, 0.6) is 0 Å². The Balaban J connectivity index is 0. The average molecular weight is 242 g/mol. The maximum absolute atomic E-state index is 10.0. The lowest BCUT2D eigenvalue weighted by Crippen LogP contribution is -1.93. The molecule has 0 radical (unpaired) electrons. The van der Waals surface area contributed by atoms with E-state index in [9.17, 15) is 9.59 Å². The molecule has 0 saturated heterocycles. The van der Waals surface area contributed by atoms with Gasteiger partial charge in [0.2, 0.25) is 0 Å². The molecule has 0 heterocycles. The van der Waals surface area contributed by atoms with Gasteiger partial charge in [0.25, 0.3) is 0 Å². The SMILES string of the molecule is C=CCCC(=O)O.C=CCCCCCC(=O)O. The van der Waals surface area contributed by atoms with E-state index in [0.29, 0.717) is 12.8 Å². The first-order valence-corrected chi connectivity index (χ1v) is 5.70. The standard InChI is InChI=1S/C8H14O2.C5H8O2/c1-2-3-4-5-6-7-8(9)10;1-2-3-4-5(6)7/h2H,1,3-7H2,(H,9,10);2H,1,3-4H2,(H,6,7). The highest BCUT2D eigenvalue weighted by Gasteiger charge is 1.94. The number of hydrogen-bond acceptors (Lipinski definition) is 2. The molecule has 0 saturated carbocycles. The molecule has 0 aliphatic rings. The van der Waals surface area contributed by atoms with E-state index in [4.69, 9.17) is 10.2 Å². The summed E-state index contributed by atoms with van der Waals surface area (Å²) in [5.74, 6) is -1.46. The van der Waals surface area contributed by atoms with Crippen molar-refractivity contribution < 1.29 is 19.8 Å². The zero-order valence-electron chi connectivity index (χ0n) is 10.2. The Morgan fingerprint density at radius 3 is 1.71 bits per heavy atom. The monoisotopic (exact) mass is 242 g/mol. The molecular formula is C13H22O4. The maximum atomic E-state index is 10.0. The second-order valence-corrected chi connectivity index (χ2v) is 3.50. The molecule has 0 aromatic heterocycles. The van der Waals surface area contributed by atoms with Crippen molar-refractivity contribution in [1.29, 1.82) is 0 Å². The van der Waals surface area contributed by atoms with Gasteiger partial charge < -0.3 is 10.2 Å². The van der Waals surface area contributed by atoms with Crippen LogP contribution in [-0.4, -0.2) is 22.2 Å². The van der Waals surface area contributed by atoms with E-state index >= 15 is 0 Å². The molecule has 0 unspecified atom stereocenters. The molecule has 98 valence electrons. The van der Waals surface area contributed by atoms with Crippen LogP contribution >= 0.6 is 0 Å². The van der Waals surface area contributed by atoms with Crippen LogP contribution in [0.15, 0.2) is 25.3 Å². The number of carbonyl (C=O) groups is 2. The first kappa shape index (κ1) is 17.8. The van der Waals surface area contributed by atoms with Gasteiger partial charge >= 0.3 is 11.9 Å². The van der Waals surface area contributed by atoms with E-state index in [-0.39, 0.29) is 6.42 Å². The number of aliphatic carboxylic acids is 2. The van der Waals surface area contributed by atoms with Gasteiger partial charge in [-0.3, -0.25) is 9.59 Å². The van der Waals surface area contributed by atoms with Gasteiger partial charge in [-0.1, -0.05) is 18.6 Å². The summed E-state index contributed by atoms with van der Waals surface area (Å²) in [6.07, 6.45) is 8.38. The Kier molecular flexibility index (Phi) is 15.1. The minimum absolute atomic E-state index is 0.198. The maximum Gasteiger partial charge on any atom is 0.303 e. The highest BCUT2D eigenvalue weighted by molar-refractivity contribution is 5.66. The summed E-state index contributed by atoms with van der Waals surface area (Å²) in [6.45, 7) is 6.95. The zero-order valence-corrected chi connectivity index (χ0v) is 10.2. The van der Waals surface area contributed by atoms with E-state index in [1.807, 2.05) is 6.08 Å². The molecule has 0 atom stereocenters. The van der Waals surface area contributed by atoms with Crippen LogP contribution in [-0.2, 0) is 9.59 Å². The summed E-state index contributed by atoms with van der Waals surface area (Å²) in [4.78, 5) is 19.7. The Labute approximate surface area is 103 Å². The van der Waals surface area contributed by atoms with Crippen LogP contribution in [0.4, 0.5) is 0 Å². The fourth-order valence-electron chi connectivity index (χ4n) is 0.967. The molecule has 0 aliphatic carbocycles. The number of hydrogen-bond donors (Lipinski definition) is 2. The van der Waals surface area contributed by atoms with Gasteiger partial charge in [-0.2, -0.15) is 0 Å². The molecule has 2 N–H and O–H groups in total. The molecular weight excluding hydrogens is 220 g/mol. The molecule has 17 heavy (non-hydrogen) atoms. The summed E-state index contributed by atoms with van der Waals surface area (Å²) in [7, 11) is 0. The Bertz CT molecular complexity index is 234. The molecule has 0 aromatic rings. The summed E-state index contributed by atoms with van der Waals surface area (Å²) < 4.78 is 0. The smallest absolute Gasteiger partial charge is 0.303 e. The molecule has 0 fully saturated rings. The van der Waals surface area contributed by atoms with Crippen molar-refractivity contribution in [2.75, 3.05) is 0 Å². The van der Waals surface area contributed by atoms with Crippen molar-refractivity contribution >= 4 is 11.9 Å². The van der Waals surface area contributed by atoms with Crippen molar-refractivity contribution in [3.63, 3.8) is 0 Å². The van der Waals surface area contributed by atoms with Crippen LogP contribution < -0.4 is 0 Å². The third kappa shape index (κ3) is 25.1. The first-order chi connectivity index (χ1) is 8.04. The molecule has 0 rings (SSSR count). The summed E-state index contributed by atoms with van der Waals surface area (Å²) in [5.41, 5.74) is 0. The number of allylic oxidation sites excluding steroid dienone is 2. The lowest BCUT2D eigenvalue weighted by molar-refractivity contribution is -0.138. The Morgan fingerprint density at radius 1 is 0.824 bits per heavy atom. The van der Waals surface area contributed by atoms with Gasteiger partial charge in [0.15, 0.2) is 0 Å². The minimum Gasteiger partial charge on any atom is -0.481 e. The third-order valence-corrected chi connectivity index (χ3v) is 1.86. The van der Waals surface area contributed by atoms with Crippen molar-refractivity contribution in [3.05, 3.63) is 25.3 Å². The molecule has 0 spiro atoms. The van der Waals surface area contributed by atoms with Gasteiger partial charge in [0.1, 0.15) is 0 Å². The number of rotatable bonds is 9. The summed E-state index contributed by atoms with van der Waals surface area (Å²) >= 11 is 0. The lowest BCUT2D eigenvalue weighted by Gasteiger charge is -1.93. The van der Waals surface area contributed by atoms with Crippen LogP contribution in [0, 0.1) is 0 Å². The van der Waals surface area contributed by atoms with Crippen molar-refractivity contribution in [1.82, 2.24) is 0 Å². The molecule has 0 amide bonds. The Morgan fingerprint density at radius 2 is 1.35 bits per heavy atom. The zero-order chi connectivity index (χ0) is 13.5. The van der Waals surface area contributed by atoms with E-state index in [2.05, 4.69) is 13.2 Å². The number of carboxylic acids is 2. The fourth-order valence-corrected chi connectivity index (χ4v) is 0.967. The summed E-state index contributed by atoms with van der Waals surface area (Å²) in [6, 6.07) is 0. The van der Waals surface area contributed by atoms with E-state index < -0.39 is 11.9 Å². The number of unbranched alkanes of at least 4 members (excludes halogenated alkanes) is 3. The van der Waals surface area contributed by atoms with Crippen molar-refractivity contribution in [2.45, 2.75) is 44.9 Å². The Hall–Kier alpha value is -1.58. The highest BCUT2D eigenvalue weighted by atomic mass is 16.4. The number of carboxylic acid groups (broad SMARTS) is 2. The normalized spacial score (nSPS) is 8.71. The third-order valence-electron chi connectivity index (χ3n) is 1.86. The van der Waals surface area contributed by atoms with Gasteiger partial charge in [-0.15, -0.1) is 13.2 Å². The van der Waals surface area contributed by atoms with Crippen LogP contribution in [0.25, 0.3) is 0 Å². The highest BCUT2D eigenvalue weighted by Crippen LogP contribution is 2.02. The first-order valence-electron chi connectivity index (χ1n) is 5.70. The average Bonchev–Trinajstić information content (AvgIpc) is 2.26. The molecule has 0 aromatic carbocycles. The summed E-state index contributed by atoms with van der Waals surface area (Å²) in [5, 5.41) is 16.2. The van der Waals surface area contributed by atoms with Crippen molar-refractivity contribution in [3.8, 4) is 0 Å². The van der Waals surface area contributed by atoms with Gasteiger partial charge in [-0.05, 0) is 25.7 Å². The molecule has 0 aliphatic heterocycles. The lowest BCUT2D eigenvalue weighted by atomic mass is 10.1. The second-order valence-electron chi connectivity index (χ2n) is 3.50. The van der Waals surface area contributed by atoms with Crippen LogP contribution in [0.2, 0.25) is 0 Å². The predicted molar refractivity (Wildman–Crippen MR) is 68.0 cm³/mol. The van der Waals surface area contributed by atoms with Crippen LogP contribution in [0.3, 0.4) is 0 Å². The van der Waals surface area contributed by atoms with E-state index in [1.165, 1.54) is 0 Å². The van der Waals surface area contributed by atoms with E-state index in [0.717, 1.165) is 25.7 Å². The molecule has 0 bridgehead atoms. The minimum atomic E-state index is -0.764. The fraction of sp³-hybridized carbons (Fsp3) is 0.538. The van der Waals surface area contributed by atoms with Gasteiger partial charge in [-0.25, -0.2) is 0 Å². The quantitative estimate of drug-likeness (QED) is 0.480. The second kappa shape index (κ2) is 14.4. The molecule has 4 nitrogen and oxygen atoms in total. The van der Waals surface area contributed by atoms with Crippen LogP contribution in [0.1, 0.15) is 44.9 Å². The van der Waals surface area contributed by atoms with E-state index in [1.54, 1.807) is 6.08 Å².